The highest BCUT2D eigenvalue weighted by Gasteiger charge is 2.28. The molecule has 17 heavy (non-hydrogen) atoms. The summed E-state index contributed by atoms with van der Waals surface area (Å²) in [6.45, 7) is 4.35. The molecule has 0 saturated carbocycles. The third-order valence-corrected chi connectivity index (χ3v) is 4.01. The molecule has 0 spiro atoms. The molecule has 94 valence electrons. The lowest BCUT2D eigenvalue weighted by Gasteiger charge is -2.33. The molecule has 1 aromatic rings. The molecule has 1 aliphatic rings. The first-order valence-corrected chi connectivity index (χ1v) is 6.86. The maximum atomic E-state index is 6.35. The molecule has 3 heteroatoms. The van der Waals surface area contributed by atoms with Gasteiger partial charge in [0.25, 0.3) is 0 Å². The van der Waals surface area contributed by atoms with Crippen LogP contribution in [0, 0.1) is 0 Å². The van der Waals surface area contributed by atoms with E-state index in [1.54, 1.807) is 0 Å². The average Bonchev–Trinajstić information content (AvgIpc) is 2.52. The molecular weight excluding hydrogens is 232 g/mol. The average molecular weight is 253 g/mol. The Balaban J connectivity index is 2.34. The number of rotatable bonds is 2. The number of benzene rings is 1. The molecule has 2 nitrogen and oxygen atoms in total. The summed E-state index contributed by atoms with van der Waals surface area (Å²) in [6, 6.07) is 8.56. The molecule has 1 fully saturated rings. The summed E-state index contributed by atoms with van der Waals surface area (Å²) in [7, 11) is 0. The van der Waals surface area contributed by atoms with Gasteiger partial charge >= 0.3 is 0 Å². The largest absolute Gasteiger partial charge is 0.326 e. The van der Waals surface area contributed by atoms with Gasteiger partial charge in [0.2, 0.25) is 0 Å². The molecule has 2 rings (SSSR count). The van der Waals surface area contributed by atoms with Gasteiger partial charge in [-0.15, -0.1) is 0 Å². The van der Waals surface area contributed by atoms with Crippen LogP contribution in [0.3, 0.4) is 0 Å². The molecule has 1 saturated heterocycles. The van der Waals surface area contributed by atoms with Gasteiger partial charge in [0.15, 0.2) is 0 Å². The van der Waals surface area contributed by atoms with Crippen molar-refractivity contribution in [1.82, 2.24) is 4.90 Å². The standard InChI is InChI=1S/C14H21ClN2/c1-2-17-10-6-5-9-13(16)14(17)11-7-3-4-8-12(11)15/h3-4,7-8,13-14H,2,5-6,9-10,16H2,1H3. The summed E-state index contributed by atoms with van der Waals surface area (Å²) in [5.74, 6) is 0. The number of hydrogen-bond acceptors (Lipinski definition) is 2. The molecule has 0 amide bonds. The normalized spacial score (nSPS) is 26.8. The Morgan fingerprint density at radius 2 is 2.12 bits per heavy atom. The van der Waals surface area contributed by atoms with Crippen molar-refractivity contribution in [3.63, 3.8) is 0 Å². The van der Waals surface area contributed by atoms with Crippen LogP contribution >= 0.6 is 11.6 Å². The van der Waals surface area contributed by atoms with Crippen LogP contribution in [-0.2, 0) is 0 Å². The Labute approximate surface area is 109 Å². The third kappa shape index (κ3) is 2.82. The molecule has 2 N–H and O–H groups in total. The predicted molar refractivity (Wildman–Crippen MR) is 73.3 cm³/mol. The Hall–Kier alpha value is -0.570. The van der Waals surface area contributed by atoms with Crippen molar-refractivity contribution in [3.05, 3.63) is 34.9 Å². The Kier molecular flexibility index (Phi) is 4.43. The summed E-state index contributed by atoms with van der Waals surface area (Å²) >= 11 is 6.32. The smallest absolute Gasteiger partial charge is 0.0513 e. The Morgan fingerprint density at radius 3 is 2.82 bits per heavy atom. The van der Waals surface area contributed by atoms with Crippen LogP contribution in [0.1, 0.15) is 37.8 Å². The minimum Gasteiger partial charge on any atom is -0.326 e. The van der Waals surface area contributed by atoms with E-state index in [1.807, 2.05) is 18.2 Å². The number of nitrogens with two attached hydrogens (primary N) is 1. The number of likely N-dealkylation sites (N-methyl/N-ethyl adjacent to an activating group) is 1. The van der Waals surface area contributed by atoms with Crippen molar-refractivity contribution >= 4 is 11.6 Å². The second-order valence-electron chi connectivity index (χ2n) is 4.75. The van der Waals surface area contributed by atoms with E-state index in [1.165, 1.54) is 18.4 Å². The fourth-order valence-electron chi connectivity index (χ4n) is 2.76. The Bertz CT molecular complexity index is 367. The first-order valence-electron chi connectivity index (χ1n) is 6.48. The van der Waals surface area contributed by atoms with Crippen LogP contribution in [-0.4, -0.2) is 24.0 Å². The second-order valence-corrected chi connectivity index (χ2v) is 5.16. The summed E-state index contributed by atoms with van der Waals surface area (Å²) in [5, 5.41) is 0.841. The molecule has 1 heterocycles. The summed E-state index contributed by atoms with van der Waals surface area (Å²) in [5.41, 5.74) is 7.53. The van der Waals surface area contributed by atoms with Crippen molar-refractivity contribution in [3.8, 4) is 0 Å². The van der Waals surface area contributed by atoms with E-state index in [0.29, 0.717) is 0 Å². The maximum absolute atomic E-state index is 6.35. The predicted octanol–water partition coefficient (Wildman–Crippen LogP) is 3.21. The molecule has 2 atom stereocenters. The minimum atomic E-state index is 0.192. The topological polar surface area (TPSA) is 29.3 Å². The van der Waals surface area contributed by atoms with Gasteiger partial charge in [0.1, 0.15) is 0 Å². The minimum absolute atomic E-state index is 0.192. The fraction of sp³-hybridized carbons (Fsp3) is 0.571. The maximum Gasteiger partial charge on any atom is 0.0513 e. The van der Waals surface area contributed by atoms with Gasteiger partial charge < -0.3 is 5.73 Å². The number of likely N-dealkylation sites (tertiary alicyclic amines) is 1. The quantitative estimate of drug-likeness (QED) is 0.876. The van der Waals surface area contributed by atoms with Gasteiger partial charge in [-0.1, -0.05) is 43.1 Å². The van der Waals surface area contributed by atoms with E-state index in [2.05, 4.69) is 17.9 Å². The van der Waals surface area contributed by atoms with Crippen LogP contribution in [0.15, 0.2) is 24.3 Å². The van der Waals surface area contributed by atoms with E-state index < -0.39 is 0 Å². The molecule has 0 aromatic heterocycles. The highest BCUT2D eigenvalue weighted by atomic mass is 35.5. The lowest BCUT2D eigenvalue weighted by Crippen LogP contribution is -2.39. The van der Waals surface area contributed by atoms with Crippen LogP contribution in [0.25, 0.3) is 0 Å². The van der Waals surface area contributed by atoms with E-state index in [9.17, 15) is 0 Å². The monoisotopic (exact) mass is 252 g/mol. The first-order chi connectivity index (χ1) is 8.24. The molecule has 1 aromatic carbocycles. The van der Waals surface area contributed by atoms with Gasteiger partial charge in [0.05, 0.1) is 6.04 Å². The van der Waals surface area contributed by atoms with Crippen LogP contribution in [0.2, 0.25) is 5.02 Å². The molecule has 0 aliphatic carbocycles. The van der Waals surface area contributed by atoms with Crippen molar-refractivity contribution in [2.75, 3.05) is 13.1 Å². The summed E-state index contributed by atoms with van der Waals surface area (Å²) < 4.78 is 0. The zero-order valence-corrected chi connectivity index (χ0v) is 11.2. The zero-order chi connectivity index (χ0) is 12.3. The first kappa shape index (κ1) is 12.9. The lowest BCUT2D eigenvalue weighted by molar-refractivity contribution is 0.195. The highest BCUT2D eigenvalue weighted by molar-refractivity contribution is 6.31. The molecular formula is C14H21ClN2. The highest BCUT2D eigenvalue weighted by Crippen LogP contribution is 2.33. The van der Waals surface area contributed by atoms with Gasteiger partial charge in [0, 0.05) is 11.1 Å². The molecule has 2 unspecified atom stereocenters. The summed E-state index contributed by atoms with van der Waals surface area (Å²) in [4.78, 5) is 2.46. The van der Waals surface area contributed by atoms with E-state index in [-0.39, 0.29) is 12.1 Å². The van der Waals surface area contributed by atoms with Crippen LogP contribution in [0.4, 0.5) is 0 Å². The van der Waals surface area contributed by atoms with E-state index >= 15 is 0 Å². The number of nitrogens with zero attached hydrogens (tertiary/aromatic N) is 1. The molecule has 0 bridgehead atoms. The third-order valence-electron chi connectivity index (χ3n) is 3.66. The van der Waals surface area contributed by atoms with E-state index in [0.717, 1.165) is 24.5 Å². The van der Waals surface area contributed by atoms with Gasteiger partial charge in [-0.05, 0) is 37.6 Å². The van der Waals surface area contributed by atoms with Crippen molar-refractivity contribution in [2.45, 2.75) is 38.3 Å². The number of hydrogen-bond donors (Lipinski definition) is 1. The van der Waals surface area contributed by atoms with Crippen molar-refractivity contribution in [1.29, 1.82) is 0 Å². The van der Waals surface area contributed by atoms with Gasteiger partial charge in [-0.3, -0.25) is 4.90 Å². The van der Waals surface area contributed by atoms with Crippen LogP contribution < -0.4 is 5.73 Å². The zero-order valence-electron chi connectivity index (χ0n) is 10.4. The van der Waals surface area contributed by atoms with E-state index in [4.69, 9.17) is 17.3 Å². The van der Waals surface area contributed by atoms with Crippen LogP contribution in [0.5, 0.6) is 0 Å². The number of halogens is 1. The molecule has 1 aliphatic heterocycles. The lowest BCUT2D eigenvalue weighted by atomic mass is 9.96. The summed E-state index contributed by atoms with van der Waals surface area (Å²) in [6.07, 6.45) is 3.55. The van der Waals surface area contributed by atoms with Crippen molar-refractivity contribution < 1.29 is 0 Å². The second kappa shape index (κ2) is 5.85. The SMILES string of the molecule is CCN1CCCCC(N)C1c1ccccc1Cl. The Morgan fingerprint density at radius 1 is 1.35 bits per heavy atom. The van der Waals surface area contributed by atoms with Crippen molar-refractivity contribution in [2.24, 2.45) is 5.73 Å². The van der Waals surface area contributed by atoms with Gasteiger partial charge in [-0.2, -0.15) is 0 Å². The fourth-order valence-corrected chi connectivity index (χ4v) is 3.01. The van der Waals surface area contributed by atoms with Gasteiger partial charge in [-0.25, -0.2) is 0 Å². The molecule has 0 radical (unpaired) electrons.